The number of unbranched alkanes of at least 4 members (excludes halogenated alkanes) is 1. The highest BCUT2D eigenvalue weighted by Crippen LogP contribution is 2.26. The van der Waals surface area contributed by atoms with Gasteiger partial charge in [0.2, 0.25) is 0 Å². The molecule has 5 nitrogen and oxygen atoms in total. The van der Waals surface area contributed by atoms with E-state index in [9.17, 15) is 4.79 Å². The standard InChI is InChI=1S/C29H27BrN4O/c1-3-4-14-28-32-26-16-15-22(30)17-24(26)29(35)34(28)31-18-25-20(2)33(19-21-10-6-5-7-11-21)27-13-9-8-12-23(25)27/h5-13,15-18H,3-4,14,19H2,1-2H3. The largest absolute Gasteiger partial charge is 0.340 e. The molecule has 0 amide bonds. The van der Waals surface area contributed by atoms with E-state index in [2.05, 4.69) is 76.8 Å². The third kappa shape index (κ3) is 4.58. The predicted molar refractivity (Wildman–Crippen MR) is 148 cm³/mol. The summed E-state index contributed by atoms with van der Waals surface area (Å²) < 4.78 is 4.64. The molecule has 2 heterocycles. The summed E-state index contributed by atoms with van der Waals surface area (Å²) >= 11 is 3.48. The average molecular weight is 527 g/mol. The minimum atomic E-state index is -0.149. The van der Waals surface area contributed by atoms with Crippen molar-refractivity contribution in [2.24, 2.45) is 5.10 Å². The van der Waals surface area contributed by atoms with Crippen LogP contribution >= 0.6 is 15.9 Å². The molecular weight excluding hydrogens is 500 g/mol. The highest BCUT2D eigenvalue weighted by molar-refractivity contribution is 9.10. The zero-order valence-corrected chi connectivity index (χ0v) is 21.5. The van der Waals surface area contributed by atoms with Gasteiger partial charge in [-0.15, -0.1) is 0 Å². The SMILES string of the molecule is CCCCc1nc2ccc(Br)cc2c(=O)n1N=Cc1c(C)n(Cc2ccccc2)c2ccccc12. The van der Waals surface area contributed by atoms with Crippen molar-refractivity contribution < 1.29 is 0 Å². The Bertz CT molecular complexity index is 1600. The fourth-order valence-electron chi connectivity index (χ4n) is 4.52. The number of benzene rings is 3. The molecule has 5 aromatic rings. The maximum atomic E-state index is 13.5. The van der Waals surface area contributed by atoms with Gasteiger partial charge in [0.25, 0.3) is 5.56 Å². The van der Waals surface area contributed by atoms with E-state index in [1.165, 1.54) is 10.2 Å². The number of fused-ring (bicyclic) bond motifs is 2. The quantitative estimate of drug-likeness (QED) is 0.221. The van der Waals surface area contributed by atoms with E-state index in [1.807, 2.05) is 36.5 Å². The highest BCUT2D eigenvalue weighted by Gasteiger charge is 2.14. The number of para-hydroxylation sites is 1. The van der Waals surface area contributed by atoms with Gasteiger partial charge in [-0.1, -0.05) is 77.8 Å². The maximum absolute atomic E-state index is 13.5. The second-order valence-corrected chi connectivity index (χ2v) is 9.66. The van der Waals surface area contributed by atoms with Crippen LogP contribution in [-0.4, -0.2) is 20.4 Å². The van der Waals surface area contributed by atoms with Crippen molar-refractivity contribution in [2.45, 2.75) is 39.7 Å². The van der Waals surface area contributed by atoms with Crippen molar-refractivity contribution in [3.63, 3.8) is 0 Å². The lowest BCUT2D eigenvalue weighted by molar-refractivity contribution is 0.675. The van der Waals surface area contributed by atoms with Gasteiger partial charge in [0, 0.05) is 39.6 Å². The summed E-state index contributed by atoms with van der Waals surface area (Å²) in [6.07, 6.45) is 4.48. The average Bonchev–Trinajstić information content (AvgIpc) is 3.14. The molecule has 2 aromatic heterocycles. The smallest absolute Gasteiger partial charge is 0.282 e. The van der Waals surface area contributed by atoms with E-state index >= 15 is 0 Å². The van der Waals surface area contributed by atoms with Crippen LogP contribution in [0.5, 0.6) is 0 Å². The van der Waals surface area contributed by atoms with Crippen molar-refractivity contribution in [1.82, 2.24) is 14.2 Å². The van der Waals surface area contributed by atoms with Crippen LogP contribution in [0, 0.1) is 6.92 Å². The summed E-state index contributed by atoms with van der Waals surface area (Å²) in [5.41, 5.74) is 5.06. The number of aryl methyl sites for hydroxylation is 1. The minimum Gasteiger partial charge on any atom is -0.340 e. The van der Waals surface area contributed by atoms with Gasteiger partial charge in [-0.3, -0.25) is 4.79 Å². The first-order chi connectivity index (χ1) is 17.1. The Balaban J connectivity index is 1.64. The number of hydrogen-bond acceptors (Lipinski definition) is 3. The predicted octanol–water partition coefficient (Wildman–Crippen LogP) is 6.70. The van der Waals surface area contributed by atoms with Crippen molar-refractivity contribution in [1.29, 1.82) is 0 Å². The topological polar surface area (TPSA) is 52.2 Å². The van der Waals surface area contributed by atoms with E-state index in [1.54, 1.807) is 0 Å². The van der Waals surface area contributed by atoms with Crippen LogP contribution < -0.4 is 5.56 Å². The number of halogens is 1. The molecule has 0 radical (unpaired) electrons. The third-order valence-electron chi connectivity index (χ3n) is 6.39. The van der Waals surface area contributed by atoms with Crippen molar-refractivity contribution >= 4 is 44.0 Å². The molecule has 0 saturated heterocycles. The zero-order chi connectivity index (χ0) is 24.4. The van der Waals surface area contributed by atoms with E-state index < -0.39 is 0 Å². The monoisotopic (exact) mass is 526 g/mol. The summed E-state index contributed by atoms with van der Waals surface area (Å²) in [5, 5.41) is 6.40. The Labute approximate surface area is 212 Å². The van der Waals surface area contributed by atoms with Gasteiger partial charge < -0.3 is 4.57 Å². The molecule has 0 aliphatic rings. The van der Waals surface area contributed by atoms with Gasteiger partial charge in [0.15, 0.2) is 0 Å². The Kier molecular flexibility index (Phi) is 6.64. The fourth-order valence-corrected chi connectivity index (χ4v) is 4.88. The molecule has 0 aliphatic heterocycles. The molecule has 0 saturated carbocycles. The van der Waals surface area contributed by atoms with Crippen molar-refractivity contribution in [3.05, 3.63) is 110 Å². The number of nitrogens with zero attached hydrogens (tertiary/aromatic N) is 4. The van der Waals surface area contributed by atoms with Crippen LogP contribution in [0.25, 0.3) is 21.8 Å². The Hall–Kier alpha value is -3.51. The molecule has 0 atom stereocenters. The first-order valence-electron chi connectivity index (χ1n) is 11.9. The van der Waals surface area contributed by atoms with Gasteiger partial charge in [-0.25, -0.2) is 4.98 Å². The van der Waals surface area contributed by atoms with Crippen LogP contribution in [-0.2, 0) is 13.0 Å². The lowest BCUT2D eigenvalue weighted by atomic mass is 10.1. The summed E-state index contributed by atoms with van der Waals surface area (Å²) in [6, 6.07) is 24.4. The lowest BCUT2D eigenvalue weighted by Crippen LogP contribution is -2.22. The Morgan fingerprint density at radius 3 is 2.57 bits per heavy atom. The highest BCUT2D eigenvalue weighted by atomic mass is 79.9. The second kappa shape index (κ2) is 10.0. The first kappa shape index (κ1) is 23.2. The third-order valence-corrected chi connectivity index (χ3v) is 6.89. The van der Waals surface area contributed by atoms with Crippen LogP contribution in [0.4, 0.5) is 0 Å². The lowest BCUT2D eigenvalue weighted by Gasteiger charge is -2.10. The molecule has 0 spiro atoms. The molecule has 3 aromatic carbocycles. The van der Waals surface area contributed by atoms with Gasteiger partial charge in [-0.2, -0.15) is 9.78 Å². The van der Waals surface area contributed by atoms with Gasteiger partial charge >= 0.3 is 0 Å². The second-order valence-electron chi connectivity index (χ2n) is 8.74. The van der Waals surface area contributed by atoms with Crippen molar-refractivity contribution in [3.8, 4) is 0 Å². The van der Waals surface area contributed by atoms with Crippen LogP contribution in [0.15, 0.2) is 87.2 Å². The molecule has 0 bridgehead atoms. The van der Waals surface area contributed by atoms with Gasteiger partial charge in [-0.05, 0) is 43.2 Å². The molecule has 176 valence electrons. The van der Waals surface area contributed by atoms with Crippen LogP contribution in [0.3, 0.4) is 0 Å². The first-order valence-corrected chi connectivity index (χ1v) is 12.7. The molecule has 0 N–H and O–H groups in total. The van der Waals surface area contributed by atoms with Crippen molar-refractivity contribution in [2.75, 3.05) is 0 Å². The Morgan fingerprint density at radius 1 is 1.00 bits per heavy atom. The van der Waals surface area contributed by atoms with Crippen LogP contribution in [0.1, 0.15) is 42.4 Å². The van der Waals surface area contributed by atoms with E-state index in [0.717, 1.165) is 46.0 Å². The van der Waals surface area contributed by atoms with E-state index in [4.69, 9.17) is 10.1 Å². The summed E-state index contributed by atoms with van der Waals surface area (Å²) in [7, 11) is 0. The normalized spacial score (nSPS) is 11.7. The van der Waals surface area contributed by atoms with E-state index in [0.29, 0.717) is 23.1 Å². The van der Waals surface area contributed by atoms with Crippen LogP contribution in [0.2, 0.25) is 0 Å². The molecular formula is C29H27BrN4O. The van der Waals surface area contributed by atoms with Gasteiger partial charge in [0.05, 0.1) is 17.1 Å². The van der Waals surface area contributed by atoms with Gasteiger partial charge in [0.1, 0.15) is 5.82 Å². The molecule has 0 unspecified atom stereocenters. The molecule has 6 heteroatoms. The summed E-state index contributed by atoms with van der Waals surface area (Å²) in [6.45, 7) is 5.02. The summed E-state index contributed by atoms with van der Waals surface area (Å²) in [4.78, 5) is 18.3. The number of rotatable bonds is 7. The maximum Gasteiger partial charge on any atom is 0.282 e. The van der Waals surface area contributed by atoms with E-state index in [-0.39, 0.29) is 5.56 Å². The summed E-state index contributed by atoms with van der Waals surface area (Å²) in [5.74, 6) is 0.689. The number of aromatic nitrogens is 3. The molecule has 0 aliphatic carbocycles. The molecule has 0 fully saturated rings. The minimum absolute atomic E-state index is 0.149. The fraction of sp³-hybridized carbons (Fsp3) is 0.207. The molecule has 5 rings (SSSR count). The Morgan fingerprint density at radius 2 is 1.77 bits per heavy atom. The zero-order valence-electron chi connectivity index (χ0n) is 19.9. The number of hydrogen-bond donors (Lipinski definition) is 0. The molecule has 35 heavy (non-hydrogen) atoms.